The number of carbonyl (C=O) groups excluding carboxylic acids is 1. The summed E-state index contributed by atoms with van der Waals surface area (Å²) in [7, 11) is 0. The van der Waals surface area contributed by atoms with Gasteiger partial charge in [-0.25, -0.2) is 4.79 Å². The first kappa shape index (κ1) is 14.9. The first-order valence-corrected chi connectivity index (χ1v) is 6.95. The normalized spacial score (nSPS) is 10.1. The third kappa shape index (κ3) is 4.00. The maximum absolute atomic E-state index is 11.2. The Morgan fingerprint density at radius 3 is 2.38 bits per heavy atom. The molecule has 0 heterocycles. The van der Waals surface area contributed by atoms with Crippen LogP contribution in [0.15, 0.2) is 52.3 Å². The molecule has 0 aliphatic carbocycles. The first-order chi connectivity index (χ1) is 9.95. The Balaban J connectivity index is 2.23. The van der Waals surface area contributed by atoms with E-state index in [1.807, 2.05) is 12.1 Å². The number of carbonyl (C=O) groups is 2. The van der Waals surface area contributed by atoms with Gasteiger partial charge in [-0.15, -0.1) is 0 Å². The summed E-state index contributed by atoms with van der Waals surface area (Å²) < 4.78 is 0. The molecule has 0 aliphatic rings. The van der Waals surface area contributed by atoms with Crippen LogP contribution in [0.25, 0.3) is 0 Å². The molecule has 0 aromatic heterocycles. The van der Waals surface area contributed by atoms with Crippen molar-refractivity contribution >= 4 is 35.0 Å². The molecule has 0 fully saturated rings. The zero-order valence-electron chi connectivity index (χ0n) is 11.3. The summed E-state index contributed by atoms with van der Waals surface area (Å²) in [6.45, 7) is 1.44. The number of anilines is 2. The van der Waals surface area contributed by atoms with Crippen LogP contribution >= 0.6 is 11.8 Å². The van der Waals surface area contributed by atoms with Crippen LogP contribution in [-0.4, -0.2) is 17.0 Å². The smallest absolute Gasteiger partial charge is 0.336 e. The second-order valence-corrected chi connectivity index (χ2v) is 5.48. The number of carboxylic acid groups (broad SMARTS) is 1. The fraction of sp³-hybridized carbons (Fsp3) is 0.0667. The molecule has 2 rings (SSSR count). The summed E-state index contributed by atoms with van der Waals surface area (Å²) >= 11 is 1.31. The number of nitrogens with one attached hydrogen (secondary N) is 1. The quantitative estimate of drug-likeness (QED) is 0.755. The topological polar surface area (TPSA) is 92.4 Å². The largest absolute Gasteiger partial charge is 0.478 e. The zero-order valence-corrected chi connectivity index (χ0v) is 12.1. The number of aromatic carboxylic acids is 1. The molecule has 0 spiro atoms. The molecule has 0 radical (unpaired) electrons. The summed E-state index contributed by atoms with van der Waals surface area (Å²) in [5.41, 5.74) is 7.12. The van der Waals surface area contributed by atoms with E-state index < -0.39 is 5.97 Å². The van der Waals surface area contributed by atoms with Crippen molar-refractivity contribution in [3.05, 3.63) is 48.0 Å². The van der Waals surface area contributed by atoms with Gasteiger partial charge in [0.2, 0.25) is 5.91 Å². The number of hydrogen-bond acceptors (Lipinski definition) is 4. The Labute approximate surface area is 126 Å². The average molecular weight is 302 g/mol. The van der Waals surface area contributed by atoms with E-state index in [2.05, 4.69) is 5.32 Å². The van der Waals surface area contributed by atoms with Gasteiger partial charge in [0.1, 0.15) is 0 Å². The molecule has 6 heteroatoms. The van der Waals surface area contributed by atoms with Gasteiger partial charge in [-0.05, 0) is 42.5 Å². The summed E-state index contributed by atoms with van der Waals surface area (Å²) in [4.78, 5) is 23.6. The van der Waals surface area contributed by atoms with E-state index >= 15 is 0 Å². The van der Waals surface area contributed by atoms with Gasteiger partial charge in [-0.3, -0.25) is 4.79 Å². The van der Waals surface area contributed by atoms with Crippen molar-refractivity contribution in [2.45, 2.75) is 16.7 Å². The van der Waals surface area contributed by atoms with Gasteiger partial charge in [-0.2, -0.15) is 0 Å². The van der Waals surface area contributed by atoms with Gasteiger partial charge < -0.3 is 16.2 Å². The summed E-state index contributed by atoms with van der Waals surface area (Å²) in [5.74, 6) is -1.13. The van der Waals surface area contributed by atoms with E-state index in [1.165, 1.54) is 24.8 Å². The van der Waals surface area contributed by atoms with Crippen LogP contribution in [0.4, 0.5) is 11.4 Å². The predicted octanol–water partition coefficient (Wildman–Crippen LogP) is 3.08. The standard InChI is InChI=1S/C15H14N2O3S/c1-9(18)17-11-3-5-12(6-4-11)21-14-8-10(16)2-7-13(14)15(19)20/h2-8H,16H2,1H3,(H,17,18)(H,19,20). The monoisotopic (exact) mass is 302 g/mol. The van der Waals surface area contributed by atoms with Gasteiger partial charge in [-0.1, -0.05) is 11.8 Å². The number of rotatable bonds is 4. The molecule has 0 atom stereocenters. The lowest BCUT2D eigenvalue weighted by Crippen LogP contribution is -2.05. The highest BCUT2D eigenvalue weighted by Crippen LogP contribution is 2.32. The third-order valence-electron chi connectivity index (χ3n) is 2.64. The SMILES string of the molecule is CC(=O)Nc1ccc(Sc2cc(N)ccc2C(=O)O)cc1. The van der Waals surface area contributed by atoms with E-state index in [0.717, 1.165) is 4.90 Å². The van der Waals surface area contributed by atoms with E-state index in [0.29, 0.717) is 16.3 Å². The second kappa shape index (κ2) is 6.32. The molecule has 2 aromatic carbocycles. The molecule has 0 bridgehead atoms. The molecule has 108 valence electrons. The van der Waals surface area contributed by atoms with E-state index in [4.69, 9.17) is 5.73 Å². The van der Waals surface area contributed by atoms with Crippen molar-refractivity contribution in [3.63, 3.8) is 0 Å². The van der Waals surface area contributed by atoms with E-state index in [1.54, 1.807) is 24.3 Å². The van der Waals surface area contributed by atoms with Crippen LogP contribution in [0.5, 0.6) is 0 Å². The number of hydrogen-bond donors (Lipinski definition) is 3. The van der Waals surface area contributed by atoms with Crippen LogP contribution in [0.1, 0.15) is 17.3 Å². The maximum atomic E-state index is 11.2. The molecule has 4 N–H and O–H groups in total. The molecular weight excluding hydrogens is 288 g/mol. The van der Waals surface area contributed by atoms with Crippen LogP contribution in [0.3, 0.4) is 0 Å². The van der Waals surface area contributed by atoms with Crippen LogP contribution < -0.4 is 11.1 Å². The van der Waals surface area contributed by atoms with Crippen molar-refractivity contribution in [2.24, 2.45) is 0 Å². The molecular formula is C15H14N2O3S. The van der Waals surface area contributed by atoms with E-state index in [-0.39, 0.29) is 11.5 Å². The molecule has 1 amide bonds. The van der Waals surface area contributed by atoms with Gasteiger partial charge in [0.05, 0.1) is 5.56 Å². The van der Waals surface area contributed by atoms with Crippen molar-refractivity contribution < 1.29 is 14.7 Å². The highest BCUT2D eigenvalue weighted by atomic mass is 32.2. The summed E-state index contributed by atoms with van der Waals surface area (Å²) in [6, 6.07) is 11.8. The van der Waals surface area contributed by atoms with Crippen LogP contribution in [0.2, 0.25) is 0 Å². The molecule has 0 saturated heterocycles. The highest BCUT2D eigenvalue weighted by molar-refractivity contribution is 7.99. The van der Waals surface area contributed by atoms with Gasteiger partial charge in [0.15, 0.2) is 0 Å². The Bertz CT molecular complexity index is 684. The van der Waals surface area contributed by atoms with Crippen molar-refractivity contribution in [3.8, 4) is 0 Å². The minimum absolute atomic E-state index is 0.139. The van der Waals surface area contributed by atoms with E-state index in [9.17, 15) is 14.7 Å². The molecule has 0 unspecified atom stereocenters. The Hall–Kier alpha value is -2.47. The lowest BCUT2D eigenvalue weighted by atomic mass is 10.2. The second-order valence-electron chi connectivity index (χ2n) is 4.37. The lowest BCUT2D eigenvalue weighted by molar-refractivity contribution is -0.114. The highest BCUT2D eigenvalue weighted by Gasteiger charge is 2.11. The van der Waals surface area contributed by atoms with Crippen molar-refractivity contribution in [2.75, 3.05) is 11.1 Å². The first-order valence-electron chi connectivity index (χ1n) is 6.14. The number of nitrogens with two attached hydrogens (primary N) is 1. The Kier molecular flexibility index (Phi) is 4.49. The van der Waals surface area contributed by atoms with Crippen molar-refractivity contribution in [1.29, 1.82) is 0 Å². The minimum Gasteiger partial charge on any atom is -0.478 e. The average Bonchev–Trinajstić information content (AvgIpc) is 2.40. The molecule has 21 heavy (non-hydrogen) atoms. The lowest BCUT2D eigenvalue weighted by Gasteiger charge is -2.08. The van der Waals surface area contributed by atoms with Gasteiger partial charge >= 0.3 is 5.97 Å². The third-order valence-corrected chi connectivity index (χ3v) is 3.70. The fourth-order valence-corrected chi connectivity index (χ4v) is 2.72. The zero-order chi connectivity index (χ0) is 15.4. The van der Waals surface area contributed by atoms with Crippen molar-refractivity contribution in [1.82, 2.24) is 0 Å². The summed E-state index contributed by atoms with van der Waals surface area (Å²) in [6.07, 6.45) is 0. The predicted molar refractivity (Wildman–Crippen MR) is 82.7 cm³/mol. The van der Waals surface area contributed by atoms with Crippen LogP contribution in [-0.2, 0) is 4.79 Å². The molecule has 0 saturated carbocycles. The maximum Gasteiger partial charge on any atom is 0.336 e. The fourth-order valence-electron chi connectivity index (χ4n) is 1.74. The molecule has 0 aliphatic heterocycles. The van der Waals surface area contributed by atoms with Gasteiger partial charge in [0.25, 0.3) is 0 Å². The van der Waals surface area contributed by atoms with Gasteiger partial charge in [0, 0.05) is 28.1 Å². The Morgan fingerprint density at radius 1 is 1.14 bits per heavy atom. The Morgan fingerprint density at radius 2 is 1.81 bits per heavy atom. The molecule has 2 aromatic rings. The number of carboxylic acids is 1. The summed E-state index contributed by atoms with van der Waals surface area (Å²) in [5, 5.41) is 11.8. The number of nitrogen functional groups attached to an aromatic ring is 1. The molecule has 5 nitrogen and oxygen atoms in total. The number of amides is 1. The number of benzene rings is 2. The minimum atomic E-state index is -0.993. The van der Waals surface area contributed by atoms with Crippen LogP contribution in [0, 0.1) is 0 Å².